The smallest absolute Gasteiger partial charge is 0.245 e. The number of likely N-dealkylation sites (N-methyl/N-ethyl adjacent to an activating group) is 1. The highest BCUT2D eigenvalue weighted by molar-refractivity contribution is 5.85. The largest absolute Gasteiger partial charge is 0.324 e. The van der Waals surface area contributed by atoms with Gasteiger partial charge in [0, 0.05) is 13.1 Å². The summed E-state index contributed by atoms with van der Waals surface area (Å²) < 4.78 is 0. The zero-order valence-electron chi connectivity index (χ0n) is 12.7. The monoisotopic (exact) mass is 275 g/mol. The lowest BCUT2D eigenvalue weighted by atomic mass is 10.1. The third-order valence-electron chi connectivity index (χ3n) is 4.05. The molecule has 0 radical (unpaired) electrons. The summed E-state index contributed by atoms with van der Waals surface area (Å²) in [5.74, 6) is 0.201. The van der Waals surface area contributed by atoms with Crippen molar-refractivity contribution in [3.8, 4) is 0 Å². The number of nitrogens with one attached hydrogen (secondary N) is 1. The average molecular weight is 275 g/mol. The van der Waals surface area contributed by atoms with Crippen molar-refractivity contribution in [3.63, 3.8) is 0 Å². The third-order valence-corrected chi connectivity index (χ3v) is 4.05. The van der Waals surface area contributed by atoms with Crippen LogP contribution in [0.15, 0.2) is 30.3 Å². The van der Waals surface area contributed by atoms with Gasteiger partial charge in [-0.3, -0.25) is 10.1 Å². The molecule has 4 heteroatoms. The normalized spacial score (nSPS) is 22.8. The van der Waals surface area contributed by atoms with Crippen LogP contribution in [-0.2, 0) is 4.79 Å². The Hall–Kier alpha value is -1.39. The van der Waals surface area contributed by atoms with Gasteiger partial charge in [-0.25, -0.2) is 0 Å². The molecule has 2 unspecified atom stereocenters. The van der Waals surface area contributed by atoms with E-state index in [-0.39, 0.29) is 18.1 Å². The molecule has 0 saturated carbocycles. The van der Waals surface area contributed by atoms with E-state index in [1.165, 1.54) is 0 Å². The second-order valence-corrected chi connectivity index (χ2v) is 5.36. The van der Waals surface area contributed by atoms with Crippen molar-refractivity contribution in [2.45, 2.75) is 32.5 Å². The quantitative estimate of drug-likeness (QED) is 0.860. The van der Waals surface area contributed by atoms with Crippen LogP contribution >= 0.6 is 0 Å². The van der Waals surface area contributed by atoms with Crippen LogP contribution in [0.5, 0.6) is 0 Å². The predicted octanol–water partition coefficient (Wildman–Crippen LogP) is 1.85. The van der Waals surface area contributed by atoms with Crippen molar-refractivity contribution in [2.24, 2.45) is 0 Å². The zero-order valence-corrected chi connectivity index (χ0v) is 12.7. The molecule has 1 aromatic rings. The fraction of sp³-hybridized carbons (Fsp3) is 0.562. The Bertz CT molecular complexity index is 435. The number of hydrogen-bond donors (Lipinski definition) is 1. The maximum atomic E-state index is 12.6. The van der Waals surface area contributed by atoms with Gasteiger partial charge in [0.05, 0.1) is 6.17 Å². The molecule has 0 aliphatic carbocycles. The van der Waals surface area contributed by atoms with Gasteiger partial charge in [0.15, 0.2) is 0 Å². The second-order valence-electron chi connectivity index (χ2n) is 5.36. The topological polar surface area (TPSA) is 35.6 Å². The van der Waals surface area contributed by atoms with Crippen molar-refractivity contribution in [1.82, 2.24) is 15.1 Å². The van der Waals surface area contributed by atoms with Crippen LogP contribution in [0.3, 0.4) is 0 Å². The van der Waals surface area contributed by atoms with E-state index in [9.17, 15) is 4.79 Å². The van der Waals surface area contributed by atoms with E-state index in [1.807, 2.05) is 35.2 Å². The van der Waals surface area contributed by atoms with Crippen molar-refractivity contribution >= 4 is 5.91 Å². The molecule has 2 atom stereocenters. The van der Waals surface area contributed by atoms with Gasteiger partial charge >= 0.3 is 0 Å². The Morgan fingerprint density at radius 3 is 2.55 bits per heavy atom. The second kappa shape index (κ2) is 6.86. The summed E-state index contributed by atoms with van der Waals surface area (Å²) in [5, 5.41) is 3.46. The van der Waals surface area contributed by atoms with Gasteiger partial charge in [-0.15, -0.1) is 0 Å². The first-order valence-corrected chi connectivity index (χ1v) is 7.47. The molecule has 1 aliphatic heterocycles. The van der Waals surface area contributed by atoms with E-state index in [2.05, 4.69) is 31.1 Å². The number of hydrogen-bond acceptors (Lipinski definition) is 3. The Morgan fingerprint density at radius 2 is 1.95 bits per heavy atom. The molecule has 1 aromatic carbocycles. The lowest BCUT2D eigenvalue weighted by Crippen LogP contribution is -2.41. The highest BCUT2D eigenvalue weighted by Crippen LogP contribution is 2.25. The highest BCUT2D eigenvalue weighted by atomic mass is 16.2. The van der Waals surface area contributed by atoms with Crippen LogP contribution in [0.2, 0.25) is 0 Å². The van der Waals surface area contributed by atoms with Crippen molar-refractivity contribution in [1.29, 1.82) is 0 Å². The molecule has 110 valence electrons. The number of carbonyl (C=O) groups is 1. The van der Waals surface area contributed by atoms with Gasteiger partial charge in [-0.2, -0.15) is 0 Å². The van der Waals surface area contributed by atoms with Crippen LogP contribution < -0.4 is 5.32 Å². The first-order valence-electron chi connectivity index (χ1n) is 7.47. The predicted molar refractivity (Wildman–Crippen MR) is 81.3 cm³/mol. The van der Waals surface area contributed by atoms with Gasteiger partial charge < -0.3 is 9.80 Å². The molecule has 4 nitrogen and oxygen atoms in total. The molecular formula is C16H25N3O. The van der Waals surface area contributed by atoms with Crippen molar-refractivity contribution in [3.05, 3.63) is 35.9 Å². The van der Waals surface area contributed by atoms with Crippen LogP contribution in [0, 0.1) is 0 Å². The van der Waals surface area contributed by atoms with Crippen LogP contribution in [0.25, 0.3) is 0 Å². The summed E-state index contributed by atoms with van der Waals surface area (Å²) in [6.45, 7) is 6.97. The molecule has 1 heterocycles. The zero-order chi connectivity index (χ0) is 14.5. The standard InChI is InChI=1S/C16H25N3O/c1-4-14-17-15(13-9-7-6-8-10-13)16(20)19(14)12-11-18(3)5-2/h6-10,14-15,17H,4-5,11-12H2,1-3H3. The fourth-order valence-electron chi connectivity index (χ4n) is 2.60. The third kappa shape index (κ3) is 3.19. The highest BCUT2D eigenvalue weighted by Gasteiger charge is 2.38. The van der Waals surface area contributed by atoms with Gasteiger partial charge in [-0.05, 0) is 25.6 Å². The molecule has 1 aliphatic rings. The summed E-state index contributed by atoms with van der Waals surface area (Å²) >= 11 is 0. The molecular weight excluding hydrogens is 250 g/mol. The number of rotatable bonds is 6. The maximum Gasteiger partial charge on any atom is 0.245 e. The molecule has 1 saturated heterocycles. The summed E-state index contributed by atoms with van der Waals surface area (Å²) in [6, 6.07) is 9.80. The minimum absolute atomic E-state index is 0.151. The molecule has 20 heavy (non-hydrogen) atoms. The summed E-state index contributed by atoms with van der Waals surface area (Å²) in [4.78, 5) is 16.8. The van der Waals surface area contributed by atoms with Crippen LogP contribution in [-0.4, -0.2) is 48.6 Å². The average Bonchev–Trinajstić information content (AvgIpc) is 2.82. The Labute approximate surface area is 121 Å². The molecule has 2 rings (SSSR count). The first-order chi connectivity index (χ1) is 9.67. The van der Waals surface area contributed by atoms with Gasteiger partial charge in [0.25, 0.3) is 0 Å². The van der Waals surface area contributed by atoms with E-state index < -0.39 is 0 Å². The van der Waals surface area contributed by atoms with Crippen LogP contribution in [0.1, 0.15) is 31.9 Å². The van der Waals surface area contributed by atoms with Gasteiger partial charge in [0.2, 0.25) is 5.91 Å². The van der Waals surface area contributed by atoms with Gasteiger partial charge in [-0.1, -0.05) is 44.2 Å². The van der Waals surface area contributed by atoms with Crippen molar-refractivity contribution in [2.75, 3.05) is 26.7 Å². The van der Waals surface area contributed by atoms with Crippen LogP contribution in [0.4, 0.5) is 0 Å². The lowest BCUT2D eigenvalue weighted by molar-refractivity contribution is -0.130. The number of amides is 1. The summed E-state index contributed by atoms with van der Waals surface area (Å²) in [6.07, 6.45) is 1.09. The number of benzene rings is 1. The minimum Gasteiger partial charge on any atom is -0.324 e. The molecule has 0 spiro atoms. The Morgan fingerprint density at radius 1 is 1.25 bits per heavy atom. The minimum atomic E-state index is -0.187. The first kappa shape index (κ1) is 15.0. The molecule has 1 N–H and O–H groups in total. The van der Waals surface area contributed by atoms with E-state index in [0.717, 1.165) is 31.6 Å². The SMILES string of the molecule is CCC1NC(c2ccccc2)C(=O)N1CCN(C)CC. The van der Waals surface area contributed by atoms with E-state index in [1.54, 1.807) is 0 Å². The molecule has 0 bridgehead atoms. The van der Waals surface area contributed by atoms with E-state index in [4.69, 9.17) is 0 Å². The Balaban J connectivity index is 2.07. The summed E-state index contributed by atoms with van der Waals surface area (Å²) in [7, 11) is 2.09. The van der Waals surface area contributed by atoms with Gasteiger partial charge in [0.1, 0.15) is 6.04 Å². The molecule has 1 fully saturated rings. The summed E-state index contributed by atoms with van der Waals surface area (Å²) in [5.41, 5.74) is 1.06. The van der Waals surface area contributed by atoms with E-state index in [0.29, 0.717) is 0 Å². The fourth-order valence-corrected chi connectivity index (χ4v) is 2.60. The maximum absolute atomic E-state index is 12.6. The number of carbonyl (C=O) groups excluding carboxylic acids is 1. The molecule has 1 amide bonds. The Kier molecular flexibility index (Phi) is 5.15. The molecule has 0 aromatic heterocycles. The number of nitrogens with zero attached hydrogens (tertiary/aromatic N) is 2. The van der Waals surface area contributed by atoms with Crippen molar-refractivity contribution < 1.29 is 4.79 Å². The lowest BCUT2D eigenvalue weighted by Gasteiger charge is -2.25. The van der Waals surface area contributed by atoms with E-state index >= 15 is 0 Å².